The summed E-state index contributed by atoms with van der Waals surface area (Å²) in [5.74, 6) is 0.213. The number of methoxy groups -OCH3 is 1. The molecule has 2 atom stereocenters. The first-order valence-corrected chi connectivity index (χ1v) is 14.5. The second-order valence-electron chi connectivity index (χ2n) is 8.90. The zero-order chi connectivity index (χ0) is 26.6. The molecule has 1 amide bonds. The van der Waals surface area contributed by atoms with Crippen LogP contribution in [0.2, 0.25) is 0 Å². The molecule has 0 radical (unpaired) electrons. The van der Waals surface area contributed by atoms with E-state index in [0.29, 0.717) is 30.9 Å². The molecule has 2 heterocycles. The molecular weight excluding hydrogens is 515 g/mol. The number of thiophene rings is 1. The van der Waals surface area contributed by atoms with Crippen LogP contribution in [0.3, 0.4) is 0 Å². The van der Waals surface area contributed by atoms with Crippen molar-refractivity contribution in [3.8, 4) is 11.5 Å². The molecule has 7 nitrogen and oxygen atoms in total. The number of carbonyl (C=O) groups excluding carboxylic acids is 1. The van der Waals surface area contributed by atoms with Gasteiger partial charge in [0.25, 0.3) is 0 Å². The molecule has 3 aromatic rings. The Morgan fingerprint density at radius 3 is 2.62 bits per heavy atom. The number of ether oxygens (including phenoxy) is 2. The fourth-order valence-corrected chi connectivity index (χ4v) is 6.98. The molecule has 0 unspecified atom stereocenters. The molecule has 2 aromatic carbocycles. The fraction of sp³-hybridized carbons (Fsp3) is 0.370. The minimum atomic E-state index is -3.94. The van der Waals surface area contributed by atoms with Crippen molar-refractivity contribution in [3.63, 3.8) is 0 Å². The second kappa shape index (κ2) is 11.6. The van der Waals surface area contributed by atoms with Crippen molar-refractivity contribution in [2.45, 2.75) is 43.7 Å². The Hall–Kier alpha value is -2.95. The monoisotopic (exact) mass is 546 g/mol. The van der Waals surface area contributed by atoms with Gasteiger partial charge in [0.05, 0.1) is 24.6 Å². The minimum Gasteiger partial charge on any atom is -0.497 e. The van der Waals surface area contributed by atoms with Crippen LogP contribution >= 0.6 is 11.3 Å². The Balaban J connectivity index is 1.58. The maximum atomic E-state index is 13.7. The van der Waals surface area contributed by atoms with Crippen molar-refractivity contribution in [2.75, 3.05) is 26.8 Å². The van der Waals surface area contributed by atoms with E-state index in [-0.39, 0.29) is 30.0 Å². The lowest BCUT2D eigenvalue weighted by atomic mass is 10.0. The molecule has 0 aliphatic carbocycles. The third kappa shape index (κ3) is 5.97. The first-order valence-electron chi connectivity index (χ1n) is 12.1. The summed E-state index contributed by atoms with van der Waals surface area (Å²) in [7, 11) is -2.43. The number of carbonyl (C=O) groups is 1. The predicted molar refractivity (Wildman–Crippen MR) is 141 cm³/mol. The number of fused-ring (bicyclic) bond motifs is 1. The Bertz CT molecular complexity index is 1330. The zero-order valence-electron chi connectivity index (χ0n) is 21.1. The topological polar surface area (TPSA) is 76.2 Å². The van der Waals surface area contributed by atoms with Gasteiger partial charge in [-0.1, -0.05) is 13.0 Å². The number of benzene rings is 2. The van der Waals surface area contributed by atoms with Crippen LogP contribution in [0.15, 0.2) is 64.9 Å². The summed E-state index contributed by atoms with van der Waals surface area (Å²) >= 11 is 1.62. The van der Waals surface area contributed by atoms with Crippen molar-refractivity contribution in [1.82, 2.24) is 9.21 Å². The molecule has 0 saturated heterocycles. The first-order chi connectivity index (χ1) is 17.7. The van der Waals surface area contributed by atoms with Gasteiger partial charge < -0.3 is 14.4 Å². The Kier molecular flexibility index (Phi) is 8.51. The van der Waals surface area contributed by atoms with Crippen LogP contribution in [0.5, 0.6) is 11.5 Å². The molecule has 0 bridgehead atoms. The highest BCUT2D eigenvalue weighted by Gasteiger charge is 2.36. The van der Waals surface area contributed by atoms with Crippen LogP contribution in [0.25, 0.3) is 0 Å². The summed E-state index contributed by atoms with van der Waals surface area (Å²) in [6.45, 7) is 3.97. The van der Waals surface area contributed by atoms with E-state index in [4.69, 9.17) is 9.47 Å². The van der Waals surface area contributed by atoms with Gasteiger partial charge in [0.1, 0.15) is 23.9 Å². The van der Waals surface area contributed by atoms with Crippen LogP contribution in [-0.4, -0.2) is 56.4 Å². The third-order valence-electron chi connectivity index (χ3n) is 6.66. The molecule has 0 spiro atoms. The number of halogens is 1. The highest BCUT2D eigenvalue weighted by molar-refractivity contribution is 7.89. The van der Waals surface area contributed by atoms with E-state index in [0.717, 1.165) is 5.56 Å². The third-order valence-corrected chi connectivity index (χ3v) is 9.63. The Morgan fingerprint density at radius 2 is 1.95 bits per heavy atom. The van der Waals surface area contributed by atoms with Crippen molar-refractivity contribution in [2.24, 2.45) is 0 Å². The van der Waals surface area contributed by atoms with Crippen LogP contribution in [0, 0.1) is 5.82 Å². The number of rotatable bonds is 10. The molecule has 0 fully saturated rings. The lowest BCUT2D eigenvalue weighted by molar-refractivity contribution is -0.135. The van der Waals surface area contributed by atoms with E-state index in [1.165, 1.54) is 40.6 Å². The molecule has 1 aliphatic rings. The molecule has 0 N–H and O–H groups in total. The summed E-state index contributed by atoms with van der Waals surface area (Å²) in [4.78, 5) is 16.7. The van der Waals surface area contributed by atoms with E-state index in [1.807, 2.05) is 18.4 Å². The molecule has 4 rings (SSSR count). The van der Waals surface area contributed by atoms with Crippen LogP contribution in [0.1, 0.15) is 36.8 Å². The predicted octanol–water partition coefficient (Wildman–Crippen LogP) is 4.89. The molecule has 198 valence electrons. The quantitative estimate of drug-likeness (QED) is 0.362. The van der Waals surface area contributed by atoms with Crippen LogP contribution < -0.4 is 9.47 Å². The van der Waals surface area contributed by atoms with Crippen LogP contribution in [0.4, 0.5) is 4.39 Å². The van der Waals surface area contributed by atoms with Gasteiger partial charge in [-0.3, -0.25) is 4.79 Å². The minimum absolute atomic E-state index is 0.103. The van der Waals surface area contributed by atoms with Crippen molar-refractivity contribution >= 4 is 27.3 Å². The largest absolute Gasteiger partial charge is 0.497 e. The molecule has 1 aromatic heterocycles. The fourth-order valence-electron chi connectivity index (χ4n) is 4.40. The number of hydrogen-bond donors (Lipinski definition) is 0. The van der Waals surface area contributed by atoms with Gasteiger partial charge in [-0.05, 0) is 73.2 Å². The van der Waals surface area contributed by atoms with Gasteiger partial charge in [0.15, 0.2) is 0 Å². The number of amides is 1. The van der Waals surface area contributed by atoms with Gasteiger partial charge in [-0.25, -0.2) is 12.8 Å². The van der Waals surface area contributed by atoms with E-state index in [9.17, 15) is 17.6 Å². The standard InChI is InChI=1S/C27H31FN2O5S2/c1-4-19(2)30(37(32,33)23-10-8-21(34-3)9-11-23)17-27(31)29-14-12-26-24(13-15-36-26)25(29)18-35-22-7-5-6-20(28)16-22/h5-11,13,15-16,19,25H,4,12,14,17-18H2,1-3H3/t19-,25+/m0/s1. The lowest BCUT2D eigenvalue weighted by Gasteiger charge is -2.37. The van der Waals surface area contributed by atoms with E-state index in [1.54, 1.807) is 47.4 Å². The van der Waals surface area contributed by atoms with E-state index in [2.05, 4.69) is 0 Å². The van der Waals surface area contributed by atoms with Gasteiger partial charge in [0.2, 0.25) is 15.9 Å². The van der Waals surface area contributed by atoms with Crippen LogP contribution in [-0.2, 0) is 21.2 Å². The van der Waals surface area contributed by atoms with E-state index < -0.39 is 21.9 Å². The highest BCUT2D eigenvalue weighted by Crippen LogP contribution is 2.34. The molecule has 1 aliphatic heterocycles. The Labute approximate surface area is 221 Å². The SMILES string of the molecule is CC[C@H](C)N(CC(=O)N1CCc2sccc2[C@H]1COc1cccc(F)c1)S(=O)(=O)c1ccc(OC)cc1. The van der Waals surface area contributed by atoms with Gasteiger partial charge in [0, 0.05) is 23.5 Å². The summed E-state index contributed by atoms with van der Waals surface area (Å²) in [5.41, 5.74) is 0.981. The molecule has 10 heteroatoms. The van der Waals surface area contributed by atoms with Gasteiger partial charge in [-0.2, -0.15) is 4.31 Å². The van der Waals surface area contributed by atoms with Crippen molar-refractivity contribution < 1.29 is 27.1 Å². The summed E-state index contributed by atoms with van der Waals surface area (Å²) in [6, 6.07) is 13.2. The Morgan fingerprint density at radius 1 is 1.19 bits per heavy atom. The number of sulfonamides is 1. The smallest absolute Gasteiger partial charge is 0.243 e. The number of hydrogen-bond acceptors (Lipinski definition) is 6. The van der Waals surface area contributed by atoms with Gasteiger partial charge in [-0.15, -0.1) is 11.3 Å². The molecule has 0 saturated carbocycles. The summed E-state index contributed by atoms with van der Waals surface area (Å²) < 4.78 is 53.1. The van der Waals surface area contributed by atoms with Crippen molar-refractivity contribution in [1.29, 1.82) is 0 Å². The van der Waals surface area contributed by atoms with Gasteiger partial charge >= 0.3 is 0 Å². The lowest BCUT2D eigenvalue weighted by Crippen LogP contribution is -2.49. The normalized spacial score (nSPS) is 16.4. The summed E-state index contributed by atoms with van der Waals surface area (Å²) in [5, 5.41) is 1.98. The first kappa shape index (κ1) is 27.1. The zero-order valence-corrected chi connectivity index (χ0v) is 22.7. The number of nitrogens with zero attached hydrogens (tertiary/aromatic N) is 2. The molecular formula is C27H31FN2O5S2. The maximum Gasteiger partial charge on any atom is 0.243 e. The van der Waals surface area contributed by atoms with E-state index >= 15 is 0 Å². The van der Waals surface area contributed by atoms with Crippen molar-refractivity contribution in [3.05, 3.63) is 76.2 Å². The average Bonchev–Trinajstić information content (AvgIpc) is 3.39. The highest BCUT2D eigenvalue weighted by atomic mass is 32.2. The average molecular weight is 547 g/mol. The molecule has 37 heavy (non-hydrogen) atoms. The maximum absolute atomic E-state index is 13.7. The second-order valence-corrected chi connectivity index (χ2v) is 11.8. The summed E-state index contributed by atoms with van der Waals surface area (Å²) in [6.07, 6.45) is 1.23.